The minimum absolute atomic E-state index is 0.0828. The number of carbonyl (C=O) groups excluding carboxylic acids is 1. The second kappa shape index (κ2) is 8.65. The van der Waals surface area contributed by atoms with Crippen LogP contribution >= 0.6 is 0 Å². The van der Waals surface area contributed by atoms with Crippen LogP contribution in [0.1, 0.15) is 51.5 Å². The van der Waals surface area contributed by atoms with E-state index in [1.807, 2.05) is 11.8 Å². The number of aromatic nitrogens is 2. The maximum Gasteiger partial charge on any atom is 0.249 e. The van der Waals surface area contributed by atoms with Gasteiger partial charge < -0.3 is 14.7 Å². The van der Waals surface area contributed by atoms with Crippen LogP contribution in [-0.4, -0.2) is 41.6 Å². The summed E-state index contributed by atoms with van der Waals surface area (Å²) in [5, 5.41) is 0. The molecule has 0 radical (unpaired) electrons. The molecule has 0 saturated heterocycles. The lowest BCUT2D eigenvalue weighted by Crippen LogP contribution is -2.57. The van der Waals surface area contributed by atoms with Crippen molar-refractivity contribution in [3.8, 4) is 0 Å². The van der Waals surface area contributed by atoms with E-state index in [4.69, 9.17) is 4.98 Å². The van der Waals surface area contributed by atoms with Crippen molar-refractivity contribution in [3.63, 3.8) is 0 Å². The van der Waals surface area contributed by atoms with Gasteiger partial charge in [-0.05, 0) is 44.2 Å². The number of anilines is 3. The minimum Gasteiger partial charge on any atom is -0.340 e. The molecule has 1 amide bonds. The number of hydrogen-bond donors (Lipinski definition) is 0. The Bertz CT molecular complexity index is 990. The number of fused-ring (bicyclic) bond motifs is 1. The molecule has 2 heterocycles. The van der Waals surface area contributed by atoms with E-state index in [2.05, 4.69) is 23.4 Å². The molecule has 4 rings (SSSR count). The molecule has 0 N–H and O–H groups in total. The maximum absolute atomic E-state index is 14.5. The monoisotopic (exact) mass is 423 g/mol. The van der Waals surface area contributed by atoms with Crippen molar-refractivity contribution in [2.45, 2.75) is 58.0 Å². The quantitative estimate of drug-likeness (QED) is 0.651. The molecule has 1 atom stereocenters. The number of carbonyl (C=O) groups is 1. The molecule has 2 aliphatic rings. The summed E-state index contributed by atoms with van der Waals surface area (Å²) in [4.78, 5) is 28.2. The Morgan fingerprint density at radius 2 is 2.03 bits per heavy atom. The molecule has 7 heteroatoms. The molecule has 1 aromatic heterocycles. The Hall–Kier alpha value is -2.96. The molecule has 31 heavy (non-hydrogen) atoms. The summed E-state index contributed by atoms with van der Waals surface area (Å²) in [5.41, 5.74) is 1.69. The van der Waals surface area contributed by atoms with Gasteiger partial charge in [-0.25, -0.2) is 9.37 Å². The summed E-state index contributed by atoms with van der Waals surface area (Å²) in [5.74, 6) is 1.03. The van der Waals surface area contributed by atoms with Gasteiger partial charge in [-0.2, -0.15) is 4.98 Å². The van der Waals surface area contributed by atoms with Gasteiger partial charge in [0, 0.05) is 30.9 Å². The van der Waals surface area contributed by atoms with Gasteiger partial charge in [-0.3, -0.25) is 4.79 Å². The first-order chi connectivity index (χ1) is 15.0. The Morgan fingerprint density at radius 1 is 1.29 bits per heavy atom. The Kier molecular flexibility index (Phi) is 5.94. The van der Waals surface area contributed by atoms with Crippen LogP contribution in [0, 0.1) is 5.82 Å². The summed E-state index contributed by atoms with van der Waals surface area (Å²) in [6, 6.07) is 6.71. The number of benzene rings is 1. The van der Waals surface area contributed by atoms with E-state index in [-0.39, 0.29) is 17.8 Å². The lowest BCUT2D eigenvalue weighted by molar-refractivity contribution is -0.120. The van der Waals surface area contributed by atoms with Crippen LogP contribution in [0.4, 0.5) is 21.8 Å². The van der Waals surface area contributed by atoms with Gasteiger partial charge in [0.2, 0.25) is 11.9 Å². The first-order valence-electron chi connectivity index (χ1n) is 11.1. The molecule has 1 aromatic carbocycles. The number of likely N-dealkylation sites (N-methyl/N-ethyl adjacent to an activating group) is 1. The lowest BCUT2D eigenvalue weighted by atomic mass is 9.88. The van der Waals surface area contributed by atoms with Crippen LogP contribution < -0.4 is 14.7 Å². The Labute approximate surface area is 183 Å². The summed E-state index contributed by atoms with van der Waals surface area (Å²) in [6.07, 6.45) is 6.56. The van der Waals surface area contributed by atoms with E-state index in [0.29, 0.717) is 29.8 Å². The van der Waals surface area contributed by atoms with Crippen LogP contribution in [0.15, 0.2) is 37.0 Å². The highest BCUT2D eigenvalue weighted by Gasteiger charge is 2.42. The van der Waals surface area contributed by atoms with Crippen molar-refractivity contribution < 1.29 is 9.18 Å². The van der Waals surface area contributed by atoms with E-state index in [1.165, 1.54) is 12.5 Å². The standard InChI is InChI=1S/C24H30FN5O/c1-5-14-29(16(3)18-12-7-8-13-19(18)25)24-26-15-21-22(27-24)30(17-10-9-11-17)20(6-2)23(31)28(21)4/h7-8,12-13,15,17,20H,3,5-6,9-11,14H2,1-2,4H3. The van der Waals surface area contributed by atoms with E-state index in [0.717, 1.165) is 37.2 Å². The van der Waals surface area contributed by atoms with Crippen molar-refractivity contribution in [1.82, 2.24) is 9.97 Å². The average Bonchev–Trinajstić information content (AvgIpc) is 2.74. The summed E-state index contributed by atoms with van der Waals surface area (Å²) in [6.45, 7) is 8.87. The van der Waals surface area contributed by atoms with Crippen LogP contribution in [0.5, 0.6) is 0 Å². The number of halogens is 1. The normalized spacial score (nSPS) is 18.6. The summed E-state index contributed by atoms with van der Waals surface area (Å²) < 4.78 is 14.5. The highest BCUT2D eigenvalue weighted by atomic mass is 19.1. The van der Waals surface area contributed by atoms with Gasteiger partial charge in [0.25, 0.3) is 0 Å². The van der Waals surface area contributed by atoms with Crippen LogP contribution in [0.3, 0.4) is 0 Å². The lowest BCUT2D eigenvalue weighted by Gasteiger charge is -2.47. The SMILES string of the molecule is C=C(c1ccccc1F)N(CCC)c1ncc2c(n1)N(C1CCC1)C(CC)C(=O)N2C. The molecule has 164 valence electrons. The van der Waals surface area contributed by atoms with Gasteiger partial charge in [-0.15, -0.1) is 0 Å². The maximum atomic E-state index is 14.5. The van der Waals surface area contributed by atoms with Gasteiger partial charge >= 0.3 is 0 Å². The highest BCUT2D eigenvalue weighted by Crippen LogP contribution is 2.41. The van der Waals surface area contributed by atoms with Crippen LogP contribution in [0.25, 0.3) is 5.70 Å². The molecule has 1 aliphatic heterocycles. The minimum atomic E-state index is -0.320. The predicted octanol–water partition coefficient (Wildman–Crippen LogP) is 4.62. The third-order valence-electron chi connectivity index (χ3n) is 6.35. The zero-order valence-corrected chi connectivity index (χ0v) is 18.5. The van der Waals surface area contributed by atoms with Gasteiger partial charge in [0.1, 0.15) is 17.5 Å². The van der Waals surface area contributed by atoms with Crippen molar-refractivity contribution in [1.29, 1.82) is 0 Å². The van der Waals surface area contributed by atoms with Crippen LogP contribution in [0.2, 0.25) is 0 Å². The van der Waals surface area contributed by atoms with Gasteiger partial charge in [-0.1, -0.05) is 32.6 Å². The fourth-order valence-electron chi connectivity index (χ4n) is 4.41. The van der Waals surface area contributed by atoms with E-state index < -0.39 is 0 Å². The number of hydrogen-bond acceptors (Lipinski definition) is 5. The molecule has 1 saturated carbocycles. The topological polar surface area (TPSA) is 52.6 Å². The third kappa shape index (κ3) is 3.66. The van der Waals surface area contributed by atoms with Crippen molar-refractivity contribution in [2.75, 3.05) is 28.3 Å². The molecule has 6 nitrogen and oxygen atoms in total. The Morgan fingerprint density at radius 3 is 2.65 bits per heavy atom. The molecular formula is C24H30FN5O. The predicted molar refractivity (Wildman–Crippen MR) is 123 cm³/mol. The molecule has 2 aromatic rings. The van der Waals surface area contributed by atoms with E-state index in [1.54, 1.807) is 36.3 Å². The van der Waals surface area contributed by atoms with Crippen molar-refractivity contribution in [3.05, 3.63) is 48.4 Å². The number of amides is 1. The molecule has 0 bridgehead atoms. The number of nitrogens with zero attached hydrogens (tertiary/aromatic N) is 5. The summed E-state index contributed by atoms with van der Waals surface area (Å²) in [7, 11) is 1.78. The molecule has 0 spiro atoms. The second-order valence-electron chi connectivity index (χ2n) is 8.27. The number of rotatable bonds is 7. The van der Waals surface area contributed by atoms with E-state index >= 15 is 0 Å². The molecular weight excluding hydrogens is 393 g/mol. The summed E-state index contributed by atoms with van der Waals surface area (Å²) >= 11 is 0. The first kappa shape index (κ1) is 21.3. The average molecular weight is 424 g/mol. The van der Waals surface area contributed by atoms with Gasteiger partial charge in [0.15, 0.2) is 5.82 Å². The smallest absolute Gasteiger partial charge is 0.249 e. The third-order valence-corrected chi connectivity index (χ3v) is 6.35. The van der Waals surface area contributed by atoms with Crippen LogP contribution in [-0.2, 0) is 4.79 Å². The largest absolute Gasteiger partial charge is 0.340 e. The van der Waals surface area contributed by atoms with Gasteiger partial charge in [0.05, 0.1) is 6.20 Å². The molecule has 1 fully saturated rings. The zero-order chi connectivity index (χ0) is 22.1. The second-order valence-corrected chi connectivity index (χ2v) is 8.27. The van der Waals surface area contributed by atoms with Crippen molar-refractivity contribution >= 4 is 29.1 Å². The van der Waals surface area contributed by atoms with Crippen molar-refractivity contribution in [2.24, 2.45) is 0 Å². The highest BCUT2D eigenvalue weighted by molar-refractivity contribution is 6.04. The molecule has 1 unspecified atom stereocenters. The first-order valence-corrected chi connectivity index (χ1v) is 11.1. The fraction of sp³-hybridized carbons (Fsp3) is 0.458. The zero-order valence-electron chi connectivity index (χ0n) is 18.5. The molecule has 1 aliphatic carbocycles. The Balaban J connectivity index is 1.78. The fourth-order valence-corrected chi connectivity index (χ4v) is 4.41. The van der Waals surface area contributed by atoms with E-state index in [9.17, 15) is 9.18 Å².